The van der Waals surface area contributed by atoms with Gasteiger partial charge < -0.3 is 4.74 Å². The maximum atomic E-state index is 11.8. The van der Waals surface area contributed by atoms with Gasteiger partial charge in [-0.3, -0.25) is 5.32 Å². The van der Waals surface area contributed by atoms with Crippen LogP contribution in [0, 0.1) is 0 Å². The highest BCUT2D eigenvalue weighted by molar-refractivity contribution is 9.10. The predicted octanol–water partition coefficient (Wildman–Crippen LogP) is 3.07. The molecule has 0 amide bonds. The van der Waals surface area contributed by atoms with Gasteiger partial charge in [0.2, 0.25) is 0 Å². The first-order valence-corrected chi connectivity index (χ1v) is 6.57. The molecule has 0 radical (unpaired) electrons. The van der Waals surface area contributed by atoms with E-state index in [-0.39, 0.29) is 5.97 Å². The molecule has 2 rings (SSSR count). The number of carbonyl (C=O) groups excluding carboxylic acids is 1. The fourth-order valence-corrected chi connectivity index (χ4v) is 2.28. The zero-order chi connectivity index (χ0) is 12.4. The summed E-state index contributed by atoms with van der Waals surface area (Å²) in [6.07, 6.45) is 2.21. The molecule has 1 N–H and O–H groups in total. The second kappa shape index (κ2) is 5.38. The van der Waals surface area contributed by atoms with Crippen molar-refractivity contribution in [3.63, 3.8) is 0 Å². The molecule has 0 bridgehead atoms. The quantitative estimate of drug-likeness (QED) is 0.867. The molecule has 1 aliphatic carbocycles. The van der Waals surface area contributed by atoms with Crippen molar-refractivity contribution in [2.45, 2.75) is 24.9 Å². The maximum Gasteiger partial charge on any atom is 0.327 e. The van der Waals surface area contributed by atoms with E-state index in [1.165, 1.54) is 7.11 Å². The number of nitrogens with one attached hydrogen (secondary N) is 1. The van der Waals surface area contributed by atoms with Crippen LogP contribution in [0.2, 0.25) is 5.02 Å². The van der Waals surface area contributed by atoms with Gasteiger partial charge >= 0.3 is 5.97 Å². The number of hydrogen-bond donors (Lipinski definition) is 1. The molecular weight excluding hydrogens is 305 g/mol. The number of esters is 1. The van der Waals surface area contributed by atoms with Crippen molar-refractivity contribution >= 4 is 33.5 Å². The number of halogens is 2. The van der Waals surface area contributed by atoms with E-state index in [0.717, 1.165) is 22.9 Å². The van der Waals surface area contributed by atoms with E-state index >= 15 is 0 Å². The monoisotopic (exact) mass is 317 g/mol. The largest absolute Gasteiger partial charge is 0.468 e. The van der Waals surface area contributed by atoms with Crippen LogP contribution >= 0.6 is 27.5 Å². The molecule has 1 saturated carbocycles. The van der Waals surface area contributed by atoms with E-state index in [0.29, 0.717) is 11.1 Å². The molecule has 92 valence electrons. The van der Waals surface area contributed by atoms with Crippen molar-refractivity contribution in [3.05, 3.63) is 33.3 Å². The van der Waals surface area contributed by atoms with Crippen LogP contribution in [0.4, 0.5) is 0 Å². The minimum absolute atomic E-state index is 0.292. The maximum absolute atomic E-state index is 11.8. The van der Waals surface area contributed by atoms with Gasteiger partial charge in [0.05, 0.1) is 7.11 Å². The van der Waals surface area contributed by atoms with Crippen molar-refractivity contribution < 1.29 is 9.53 Å². The molecule has 0 aliphatic heterocycles. The number of ether oxygens (including phenoxy) is 1. The lowest BCUT2D eigenvalue weighted by molar-refractivity contribution is -0.143. The molecule has 3 nitrogen and oxygen atoms in total. The van der Waals surface area contributed by atoms with Crippen molar-refractivity contribution in [2.24, 2.45) is 0 Å². The number of benzene rings is 1. The van der Waals surface area contributed by atoms with Gasteiger partial charge in [-0.05, 0) is 36.6 Å². The van der Waals surface area contributed by atoms with Crippen LogP contribution in [-0.2, 0) is 9.53 Å². The molecule has 1 aromatic carbocycles. The van der Waals surface area contributed by atoms with Crippen molar-refractivity contribution in [3.8, 4) is 0 Å². The summed E-state index contributed by atoms with van der Waals surface area (Å²) >= 11 is 9.39. The van der Waals surface area contributed by atoms with Gasteiger partial charge in [-0.1, -0.05) is 27.5 Å². The summed E-state index contributed by atoms with van der Waals surface area (Å²) in [4.78, 5) is 11.8. The first-order valence-electron chi connectivity index (χ1n) is 5.40. The summed E-state index contributed by atoms with van der Waals surface area (Å²) in [6, 6.07) is 5.34. The van der Waals surface area contributed by atoms with Crippen LogP contribution < -0.4 is 5.32 Å². The first-order chi connectivity index (χ1) is 8.11. The van der Waals surface area contributed by atoms with Crippen LogP contribution in [0.25, 0.3) is 0 Å². The summed E-state index contributed by atoms with van der Waals surface area (Å²) in [7, 11) is 1.39. The molecule has 1 atom stereocenters. The summed E-state index contributed by atoms with van der Waals surface area (Å²) < 4.78 is 5.68. The minimum atomic E-state index is -0.458. The molecule has 0 saturated heterocycles. The Bertz CT molecular complexity index is 435. The number of hydrogen-bond acceptors (Lipinski definition) is 3. The minimum Gasteiger partial charge on any atom is -0.468 e. The fraction of sp³-hybridized carbons (Fsp3) is 0.417. The SMILES string of the molecule is COC(=O)C(NC1CC1)c1cc(Cl)ccc1Br. The number of carbonyl (C=O) groups is 1. The highest BCUT2D eigenvalue weighted by atomic mass is 79.9. The molecule has 1 aliphatic rings. The smallest absolute Gasteiger partial charge is 0.327 e. The normalized spacial score (nSPS) is 16.6. The Labute approximate surface area is 114 Å². The zero-order valence-electron chi connectivity index (χ0n) is 9.37. The van der Waals surface area contributed by atoms with Crippen molar-refractivity contribution in [2.75, 3.05) is 7.11 Å². The van der Waals surface area contributed by atoms with E-state index in [2.05, 4.69) is 21.2 Å². The van der Waals surface area contributed by atoms with Crippen LogP contribution in [0.5, 0.6) is 0 Å². The van der Waals surface area contributed by atoms with Gasteiger partial charge in [-0.25, -0.2) is 4.79 Å². The highest BCUT2D eigenvalue weighted by Crippen LogP contribution is 2.30. The van der Waals surface area contributed by atoms with Crippen LogP contribution in [0.1, 0.15) is 24.4 Å². The molecule has 17 heavy (non-hydrogen) atoms. The molecule has 1 aromatic rings. The van der Waals surface area contributed by atoms with Gasteiger partial charge in [0.1, 0.15) is 6.04 Å². The average molecular weight is 319 g/mol. The molecular formula is C12H13BrClNO2. The Morgan fingerprint density at radius 1 is 1.59 bits per heavy atom. The molecule has 0 aromatic heterocycles. The van der Waals surface area contributed by atoms with Gasteiger partial charge in [0.15, 0.2) is 0 Å². The fourth-order valence-electron chi connectivity index (χ4n) is 1.62. The zero-order valence-corrected chi connectivity index (χ0v) is 11.7. The Hall–Kier alpha value is -0.580. The third kappa shape index (κ3) is 3.21. The van der Waals surface area contributed by atoms with Crippen molar-refractivity contribution in [1.82, 2.24) is 5.32 Å². The van der Waals surface area contributed by atoms with E-state index in [1.54, 1.807) is 12.1 Å². The van der Waals surface area contributed by atoms with Gasteiger partial charge in [-0.15, -0.1) is 0 Å². The molecule has 1 fully saturated rings. The standard InChI is InChI=1S/C12H13BrClNO2/c1-17-12(16)11(15-8-3-4-8)9-6-7(14)2-5-10(9)13/h2,5-6,8,11,15H,3-4H2,1H3. The van der Waals surface area contributed by atoms with E-state index in [1.807, 2.05) is 6.07 Å². The van der Waals surface area contributed by atoms with Crippen LogP contribution in [0.15, 0.2) is 22.7 Å². The van der Waals surface area contributed by atoms with E-state index in [4.69, 9.17) is 16.3 Å². The molecule has 0 heterocycles. The lowest BCUT2D eigenvalue weighted by atomic mass is 10.1. The Balaban J connectivity index is 2.29. The Morgan fingerprint density at radius 2 is 2.29 bits per heavy atom. The summed E-state index contributed by atoms with van der Waals surface area (Å²) in [5, 5.41) is 3.87. The molecule has 0 spiro atoms. The molecule has 5 heteroatoms. The highest BCUT2D eigenvalue weighted by Gasteiger charge is 2.31. The lowest BCUT2D eigenvalue weighted by Gasteiger charge is -2.18. The Morgan fingerprint density at radius 3 is 2.88 bits per heavy atom. The number of methoxy groups -OCH3 is 1. The third-order valence-electron chi connectivity index (χ3n) is 2.69. The summed E-state index contributed by atoms with van der Waals surface area (Å²) in [6.45, 7) is 0. The second-order valence-corrected chi connectivity index (χ2v) is 5.35. The van der Waals surface area contributed by atoms with Crippen molar-refractivity contribution in [1.29, 1.82) is 0 Å². The summed E-state index contributed by atoms with van der Waals surface area (Å²) in [5.41, 5.74) is 0.816. The van der Waals surface area contributed by atoms with Crippen LogP contribution in [0.3, 0.4) is 0 Å². The van der Waals surface area contributed by atoms with Gasteiger partial charge in [0.25, 0.3) is 0 Å². The summed E-state index contributed by atoms with van der Waals surface area (Å²) in [5.74, 6) is -0.292. The third-order valence-corrected chi connectivity index (χ3v) is 3.64. The topological polar surface area (TPSA) is 38.3 Å². The average Bonchev–Trinajstić information content (AvgIpc) is 3.12. The number of rotatable bonds is 4. The predicted molar refractivity (Wildman–Crippen MR) is 70.1 cm³/mol. The van der Waals surface area contributed by atoms with Gasteiger partial charge in [0, 0.05) is 15.5 Å². The Kier molecular flexibility index (Phi) is 4.07. The first kappa shape index (κ1) is 12.9. The van der Waals surface area contributed by atoms with E-state index < -0.39 is 6.04 Å². The van der Waals surface area contributed by atoms with Crippen LogP contribution in [-0.4, -0.2) is 19.1 Å². The van der Waals surface area contributed by atoms with E-state index in [9.17, 15) is 4.79 Å². The molecule has 1 unspecified atom stereocenters. The second-order valence-electron chi connectivity index (χ2n) is 4.06. The lowest BCUT2D eigenvalue weighted by Crippen LogP contribution is -2.31. The van der Waals surface area contributed by atoms with Gasteiger partial charge in [-0.2, -0.15) is 0 Å².